The third-order valence-corrected chi connectivity index (χ3v) is 2.04. The van der Waals surface area contributed by atoms with Crippen LogP contribution in [0.3, 0.4) is 0 Å². The maximum atomic E-state index is 4.29. The maximum absolute atomic E-state index is 4.29. The van der Waals surface area contributed by atoms with Crippen molar-refractivity contribution in [1.29, 1.82) is 0 Å². The summed E-state index contributed by atoms with van der Waals surface area (Å²) in [5.41, 5.74) is 0.975. The van der Waals surface area contributed by atoms with Crippen LogP contribution in [0, 0.1) is 6.92 Å². The number of aryl methyl sites for hydroxylation is 1. The molecule has 0 aliphatic rings. The first-order valence-electron chi connectivity index (χ1n) is 5.10. The first kappa shape index (κ1) is 10.6. The summed E-state index contributed by atoms with van der Waals surface area (Å²) in [7, 11) is 0. The number of aromatic nitrogens is 4. The predicted octanol–water partition coefficient (Wildman–Crippen LogP) is 0.865. The van der Waals surface area contributed by atoms with E-state index < -0.39 is 0 Å². The van der Waals surface area contributed by atoms with Crippen molar-refractivity contribution in [2.45, 2.75) is 20.0 Å². The van der Waals surface area contributed by atoms with Crippen LogP contribution in [0.2, 0.25) is 0 Å². The van der Waals surface area contributed by atoms with Gasteiger partial charge in [-0.1, -0.05) is 0 Å². The van der Waals surface area contributed by atoms with Crippen molar-refractivity contribution in [3.8, 4) is 0 Å². The van der Waals surface area contributed by atoms with Crippen LogP contribution in [0.1, 0.15) is 17.3 Å². The summed E-state index contributed by atoms with van der Waals surface area (Å²) in [6.45, 7) is 3.22. The summed E-state index contributed by atoms with van der Waals surface area (Å²) in [5.74, 6) is 1.57. The molecule has 1 N–H and O–H groups in total. The third-order valence-electron chi connectivity index (χ3n) is 2.04. The van der Waals surface area contributed by atoms with E-state index in [0.717, 1.165) is 17.3 Å². The predicted molar refractivity (Wildman–Crippen MR) is 59.3 cm³/mol. The van der Waals surface area contributed by atoms with Gasteiger partial charge in [0.1, 0.15) is 11.6 Å². The summed E-state index contributed by atoms with van der Waals surface area (Å²) in [6, 6.07) is 3.70. The van der Waals surface area contributed by atoms with Gasteiger partial charge in [0.2, 0.25) is 0 Å². The zero-order valence-corrected chi connectivity index (χ0v) is 9.09. The molecule has 2 heterocycles. The third kappa shape index (κ3) is 3.06. The molecule has 0 fully saturated rings. The van der Waals surface area contributed by atoms with Crippen molar-refractivity contribution >= 4 is 0 Å². The minimum absolute atomic E-state index is 0.643. The number of nitrogens with zero attached hydrogens (tertiary/aromatic N) is 4. The Balaban J connectivity index is 1.85. The maximum Gasteiger partial charge on any atom is 0.141 e. The number of nitrogens with one attached hydrogen (secondary N) is 1. The van der Waals surface area contributed by atoms with Crippen molar-refractivity contribution in [2.24, 2.45) is 0 Å². The van der Waals surface area contributed by atoms with E-state index in [2.05, 4.69) is 25.3 Å². The molecule has 5 heteroatoms. The van der Waals surface area contributed by atoms with Crippen LogP contribution in [0.4, 0.5) is 0 Å². The van der Waals surface area contributed by atoms with Crippen LogP contribution in [-0.2, 0) is 13.1 Å². The number of hydrogen-bond acceptors (Lipinski definition) is 5. The van der Waals surface area contributed by atoms with E-state index in [0.29, 0.717) is 13.1 Å². The van der Waals surface area contributed by atoms with Crippen LogP contribution < -0.4 is 5.32 Å². The van der Waals surface area contributed by atoms with Gasteiger partial charge in [0.15, 0.2) is 0 Å². The van der Waals surface area contributed by atoms with Gasteiger partial charge in [0.25, 0.3) is 0 Å². The second-order valence-corrected chi connectivity index (χ2v) is 3.36. The van der Waals surface area contributed by atoms with Crippen molar-refractivity contribution in [1.82, 2.24) is 25.3 Å². The summed E-state index contributed by atoms with van der Waals surface area (Å²) < 4.78 is 0. The molecule has 2 rings (SSSR count). The topological polar surface area (TPSA) is 63.6 Å². The first-order chi connectivity index (χ1) is 7.84. The Morgan fingerprint density at radius 1 is 1.06 bits per heavy atom. The molecule has 0 aliphatic carbocycles. The lowest BCUT2D eigenvalue weighted by Crippen LogP contribution is -2.15. The highest BCUT2D eigenvalue weighted by Crippen LogP contribution is 1.94. The quantitative estimate of drug-likeness (QED) is 0.819. The second kappa shape index (κ2) is 5.27. The molecule has 0 spiro atoms. The Morgan fingerprint density at radius 2 is 1.88 bits per heavy atom. The normalized spacial score (nSPS) is 10.3. The fourth-order valence-corrected chi connectivity index (χ4v) is 1.33. The van der Waals surface area contributed by atoms with Gasteiger partial charge >= 0.3 is 0 Å². The number of hydrogen-bond donors (Lipinski definition) is 1. The Kier molecular flexibility index (Phi) is 3.50. The highest BCUT2D eigenvalue weighted by atomic mass is 15.0. The van der Waals surface area contributed by atoms with Crippen molar-refractivity contribution in [3.05, 3.63) is 48.1 Å². The van der Waals surface area contributed by atoms with Crippen LogP contribution in [0.5, 0.6) is 0 Å². The van der Waals surface area contributed by atoms with Gasteiger partial charge in [0, 0.05) is 25.1 Å². The van der Waals surface area contributed by atoms with E-state index in [1.807, 2.05) is 13.0 Å². The van der Waals surface area contributed by atoms with E-state index in [1.54, 1.807) is 24.7 Å². The molecule has 0 aromatic carbocycles. The van der Waals surface area contributed by atoms with Crippen molar-refractivity contribution in [3.63, 3.8) is 0 Å². The van der Waals surface area contributed by atoms with Gasteiger partial charge < -0.3 is 5.32 Å². The van der Waals surface area contributed by atoms with E-state index >= 15 is 0 Å². The van der Waals surface area contributed by atoms with Gasteiger partial charge in [-0.15, -0.1) is 0 Å². The molecule has 0 atom stereocenters. The van der Waals surface area contributed by atoms with Crippen LogP contribution in [-0.4, -0.2) is 19.9 Å². The summed E-state index contributed by atoms with van der Waals surface area (Å²) in [5, 5.41) is 3.23. The highest BCUT2D eigenvalue weighted by Gasteiger charge is 1.97. The molecule has 16 heavy (non-hydrogen) atoms. The Hall–Kier alpha value is -1.88. The van der Waals surface area contributed by atoms with E-state index in [1.165, 1.54) is 0 Å². The van der Waals surface area contributed by atoms with Gasteiger partial charge in [0.05, 0.1) is 12.2 Å². The lowest BCUT2D eigenvalue weighted by Gasteiger charge is -2.03. The summed E-state index contributed by atoms with van der Waals surface area (Å²) in [4.78, 5) is 16.6. The molecular weight excluding hydrogens is 202 g/mol. The van der Waals surface area contributed by atoms with Crippen LogP contribution in [0.15, 0.2) is 30.7 Å². The Labute approximate surface area is 94.0 Å². The second-order valence-electron chi connectivity index (χ2n) is 3.36. The van der Waals surface area contributed by atoms with Gasteiger partial charge in [-0.05, 0) is 19.1 Å². The lowest BCUT2D eigenvalue weighted by molar-refractivity contribution is 0.648. The molecule has 2 aromatic rings. The standard InChI is InChI=1S/C11H13N5/c1-9-13-6-3-10(16-9)7-12-8-11-14-4-2-5-15-11/h2-6,12H,7-8H2,1H3. The molecule has 5 nitrogen and oxygen atoms in total. The molecule has 0 amide bonds. The minimum Gasteiger partial charge on any atom is -0.304 e. The number of rotatable bonds is 4. The van der Waals surface area contributed by atoms with Crippen molar-refractivity contribution in [2.75, 3.05) is 0 Å². The molecule has 0 radical (unpaired) electrons. The average molecular weight is 215 g/mol. The first-order valence-corrected chi connectivity index (χ1v) is 5.10. The summed E-state index contributed by atoms with van der Waals surface area (Å²) in [6.07, 6.45) is 5.23. The molecule has 2 aromatic heterocycles. The molecule has 0 aliphatic heterocycles. The zero-order valence-electron chi connectivity index (χ0n) is 9.09. The van der Waals surface area contributed by atoms with E-state index in [4.69, 9.17) is 0 Å². The Morgan fingerprint density at radius 3 is 2.62 bits per heavy atom. The molecule has 0 unspecified atom stereocenters. The van der Waals surface area contributed by atoms with Crippen molar-refractivity contribution < 1.29 is 0 Å². The van der Waals surface area contributed by atoms with Gasteiger partial charge in [-0.2, -0.15) is 0 Å². The van der Waals surface area contributed by atoms with E-state index in [9.17, 15) is 0 Å². The SMILES string of the molecule is Cc1nccc(CNCc2ncccn2)n1. The molecule has 82 valence electrons. The monoisotopic (exact) mass is 215 g/mol. The molecular formula is C11H13N5. The lowest BCUT2D eigenvalue weighted by atomic mass is 10.4. The van der Waals surface area contributed by atoms with Gasteiger partial charge in [-0.25, -0.2) is 19.9 Å². The fourth-order valence-electron chi connectivity index (χ4n) is 1.33. The molecule has 0 bridgehead atoms. The smallest absolute Gasteiger partial charge is 0.141 e. The zero-order chi connectivity index (χ0) is 11.2. The molecule has 0 saturated carbocycles. The minimum atomic E-state index is 0.643. The van der Waals surface area contributed by atoms with Gasteiger partial charge in [-0.3, -0.25) is 0 Å². The Bertz CT molecular complexity index is 443. The van der Waals surface area contributed by atoms with Crippen LogP contribution >= 0.6 is 0 Å². The summed E-state index contributed by atoms with van der Waals surface area (Å²) >= 11 is 0. The highest BCUT2D eigenvalue weighted by molar-refractivity contribution is 5.01. The average Bonchev–Trinajstić information content (AvgIpc) is 2.30. The van der Waals surface area contributed by atoms with E-state index in [-0.39, 0.29) is 0 Å². The largest absolute Gasteiger partial charge is 0.304 e. The fraction of sp³-hybridized carbons (Fsp3) is 0.273. The van der Waals surface area contributed by atoms with Crippen LogP contribution in [0.25, 0.3) is 0 Å². The molecule has 0 saturated heterocycles.